The molecule has 116 valence electrons. The van der Waals surface area contributed by atoms with E-state index in [9.17, 15) is 9.59 Å². The van der Waals surface area contributed by atoms with Gasteiger partial charge in [-0.3, -0.25) is 14.2 Å². The number of pyridine rings is 1. The SMILES string of the molecule is COc1ccccc1-n1cc(C=O)c(Br)c(CCCBr)c1=O. The molecule has 0 bridgehead atoms. The third-order valence-electron chi connectivity index (χ3n) is 3.30. The topological polar surface area (TPSA) is 48.3 Å². The highest BCUT2D eigenvalue weighted by Crippen LogP contribution is 2.25. The molecule has 22 heavy (non-hydrogen) atoms. The second-order valence-electron chi connectivity index (χ2n) is 4.63. The number of nitrogens with zero attached hydrogens (tertiary/aromatic N) is 1. The molecular weight excluding hydrogens is 414 g/mol. The van der Waals surface area contributed by atoms with Crippen molar-refractivity contribution in [2.24, 2.45) is 0 Å². The molecule has 4 nitrogen and oxygen atoms in total. The van der Waals surface area contributed by atoms with Crippen LogP contribution in [0.5, 0.6) is 5.75 Å². The molecule has 2 aromatic rings. The Hall–Kier alpha value is -1.40. The van der Waals surface area contributed by atoms with E-state index in [0.717, 1.165) is 18.0 Å². The first kappa shape index (κ1) is 17.0. The Morgan fingerprint density at radius 3 is 2.68 bits per heavy atom. The van der Waals surface area contributed by atoms with Gasteiger partial charge < -0.3 is 4.74 Å². The molecular formula is C16H15Br2NO3. The second-order valence-corrected chi connectivity index (χ2v) is 6.22. The minimum atomic E-state index is -0.150. The Kier molecular flexibility index (Phi) is 5.97. The number of aromatic nitrogens is 1. The van der Waals surface area contributed by atoms with Gasteiger partial charge in [-0.05, 0) is 40.9 Å². The number of rotatable bonds is 6. The molecule has 1 aromatic carbocycles. The fourth-order valence-corrected chi connectivity index (χ4v) is 3.06. The van der Waals surface area contributed by atoms with Crippen LogP contribution in [0, 0.1) is 0 Å². The van der Waals surface area contributed by atoms with E-state index >= 15 is 0 Å². The molecule has 0 aliphatic rings. The van der Waals surface area contributed by atoms with Gasteiger partial charge in [0.05, 0.1) is 12.8 Å². The molecule has 2 rings (SSSR count). The summed E-state index contributed by atoms with van der Waals surface area (Å²) < 4.78 is 7.35. The number of para-hydroxylation sites is 2. The Morgan fingerprint density at radius 1 is 1.32 bits per heavy atom. The molecule has 1 aromatic heterocycles. The summed E-state index contributed by atoms with van der Waals surface area (Å²) >= 11 is 6.74. The van der Waals surface area contributed by atoms with E-state index in [2.05, 4.69) is 31.9 Å². The zero-order valence-electron chi connectivity index (χ0n) is 12.0. The number of hydrogen-bond acceptors (Lipinski definition) is 3. The summed E-state index contributed by atoms with van der Waals surface area (Å²) in [6, 6.07) is 7.23. The van der Waals surface area contributed by atoms with Crippen molar-refractivity contribution in [1.82, 2.24) is 4.57 Å². The maximum Gasteiger partial charge on any atom is 0.259 e. The van der Waals surface area contributed by atoms with Crippen molar-refractivity contribution in [1.29, 1.82) is 0 Å². The van der Waals surface area contributed by atoms with Gasteiger partial charge in [-0.15, -0.1) is 0 Å². The van der Waals surface area contributed by atoms with E-state index in [4.69, 9.17) is 4.74 Å². The van der Waals surface area contributed by atoms with Gasteiger partial charge >= 0.3 is 0 Å². The van der Waals surface area contributed by atoms with E-state index in [-0.39, 0.29) is 5.56 Å². The Bertz CT molecular complexity index is 741. The zero-order valence-corrected chi connectivity index (χ0v) is 15.2. The number of alkyl halides is 1. The van der Waals surface area contributed by atoms with Gasteiger partial charge in [-0.2, -0.15) is 0 Å². The minimum Gasteiger partial charge on any atom is -0.495 e. The number of methoxy groups -OCH3 is 1. The van der Waals surface area contributed by atoms with Crippen LogP contribution in [0.25, 0.3) is 5.69 Å². The van der Waals surface area contributed by atoms with Crippen LogP contribution in [0.3, 0.4) is 0 Å². The van der Waals surface area contributed by atoms with E-state index in [1.54, 1.807) is 19.2 Å². The van der Waals surface area contributed by atoms with Crippen molar-refractivity contribution < 1.29 is 9.53 Å². The van der Waals surface area contributed by atoms with E-state index < -0.39 is 0 Å². The van der Waals surface area contributed by atoms with Crippen molar-refractivity contribution in [2.45, 2.75) is 12.8 Å². The normalized spacial score (nSPS) is 10.5. The van der Waals surface area contributed by atoms with Crippen LogP contribution in [-0.2, 0) is 6.42 Å². The van der Waals surface area contributed by atoms with Crippen molar-refractivity contribution in [2.75, 3.05) is 12.4 Å². The molecule has 0 unspecified atom stereocenters. The van der Waals surface area contributed by atoms with Crippen molar-refractivity contribution in [3.8, 4) is 11.4 Å². The number of benzene rings is 1. The van der Waals surface area contributed by atoms with Crippen LogP contribution in [0.4, 0.5) is 0 Å². The van der Waals surface area contributed by atoms with Crippen LogP contribution in [0.2, 0.25) is 0 Å². The monoisotopic (exact) mass is 427 g/mol. The maximum absolute atomic E-state index is 12.8. The lowest BCUT2D eigenvalue weighted by Crippen LogP contribution is -2.24. The lowest BCUT2D eigenvalue weighted by molar-refractivity contribution is 0.112. The van der Waals surface area contributed by atoms with Gasteiger partial charge in [0.1, 0.15) is 5.75 Å². The van der Waals surface area contributed by atoms with Crippen molar-refractivity contribution in [3.63, 3.8) is 0 Å². The predicted molar refractivity (Wildman–Crippen MR) is 93.8 cm³/mol. The minimum absolute atomic E-state index is 0.150. The molecule has 0 atom stereocenters. The summed E-state index contributed by atoms with van der Waals surface area (Å²) in [4.78, 5) is 24.1. The first-order valence-electron chi connectivity index (χ1n) is 6.72. The van der Waals surface area contributed by atoms with Gasteiger partial charge in [0.25, 0.3) is 5.56 Å². The standard InChI is InChI=1S/C16H15Br2NO3/c1-22-14-7-3-2-6-13(14)19-9-11(10-20)15(18)12(16(19)21)5-4-8-17/h2-3,6-7,9-10H,4-5,8H2,1H3. The fourth-order valence-electron chi connectivity index (χ4n) is 2.22. The smallest absolute Gasteiger partial charge is 0.259 e. The number of hydrogen-bond donors (Lipinski definition) is 0. The second kappa shape index (κ2) is 7.74. The zero-order chi connectivity index (χ0) is 16.1. The highest BCUT2D eigenvalue weighted by atomic mass is 79.9. The van der Waals surface area contributed by atoms with Gasteiger partial charge in [-0.25, -0.2) is 0 Å². The van der Waals surface area contributed by atoms with E-state index in [1.807, 2.05) is 12.1 Å². The summed E-state index contributed by atoms with van der Waals surface area (Å²) in [7, 11) is 1.55. The maximum atomic E-state index is 12.8. The fraction of sp³-hybridized carbons (Fsp3) is 0.250. The summed E-state index contributed by atoms with van der Waals surface area (Å²) in [6.07, 6.45) is 3.67. The third kappa shape index (κ3) is 3.33. The first-order valence-corrected chi connectivity index (χ1v) is 8.64. The highest BCUT2D eigenvalue weighted by molar-refractivity contribution is 9.10. The molecule has 0 aliphatic carbocycles. The number of halogens is 2. The lowest BCUT2D eigenvalue weighted by Gasteiger charge is -2.14. The molecule has 0 saturated carbocycles. The number of carbonyl (C=O) groups excluding carboxylic acids is 1. The van der Waals surface area contributed by atoms with Gasteiger partial charge in [0.15, 0.2) is 6.29 Å². The summed E-state index contributed by atoms with van der Waals surface area (Å²) in [5, 5.41) is 0.791. The average molecular weight is 429 g/mol. The summed E-state index contributed by atoms with van der Waals surface area (Å²) in [6.45, 7) is 0. The Balaban J connectivity index is 2.71. The Morgan fingerprint density at radius 2 is 2.05 bits per heavy atom. The molecule has 0 fully saturated rings. The molecule has 0 spiro atoms. The molecule has 1 heterocycles. The summed E-state index contributed by atoms with van der Waals surface area (Å²) in [5.41, 5.74) is 1.50. The number of carbonyl (C=O) groups is 1. The Labute approximate surface area is 145 Å². The largest absolute Gasteiger partial charge is 0.495 e. The lowest BCUT2D eigenvalue weighted by atomic mass is 10.1. The van der Waals surface area contributed by atoms with Crippen molar-refractivity contribution in [3.05, 3.63) is 56.4 Å². The van der Waals surface area contributed by atoms with E-state index in [1.165, 1.54) is 10.8 Å². The van der Waals surface area contributed by atoms with Crippen LogP contribution in [0.1, 0.15) is 22.3 Å². The summed E-state index contributed by atoms with van der Waals surface area (Å²) in [5.74, 6) is 0.579. The number of aldehydes is 1. The van der Waals surface area contributed by atoms with Gasteiger partial charge in [-0.1, -0.05) is 28.1 Å². The third-order valence-corrected chi connectivity index (χ3v) is 4.79. The molecule has 0 N–H and O–H groups in total. The average Bonchev–Trinajstić information content (AvgIpc) is 2.55. The van der Waals surface area contributed by atoms with Gasteiger partial charge in [0.2, 0.25) is 0 Å². The molecule has 0 amide bonds. The van der Waals surface area contributed by atoms with Crippen LogP contribution >= 0.6 is 31.9 Å². The predicted octanol–water partition coefficient (Wildman–Crippen LogP) is 3.75. The molecule has 0 aliphatic heterocycles. The van der Waals surface area contributed by atoms with Gasteiger partial charge in [0, 0.05) is 27.1 Å². The van der Waals surface area contributed by atoms with Crippen LogP contribution < -0.4 is 10.3 Å². The molecule has 0 saturated heterocycles. The van der Waals surface area contributed by atoms with E-state index in [0.29, 0.717) is 33.5 Å². The first-order chi connectivity index (χ1) is 10.6. The highest BCUT2D eigenvalue weighted by Gasteiger charge is 2.16. The molecule has 6 heteroatoms. The van der Waals surface area contributed by atoms with Crippen LogP contribution in [0.15, 0.2) is 39.7 Å². The number of ether oxygens (including phenoxy) is 1. The van der Waals surface area contributed by atoms with Crippen molar-refractivity contribution >= 4 is 38.1 Å². The van der Waals surface area contributed by atoms with Crippen LogP contribution in [-0.4, -0.2) is 23.3 Å². The molecule has 0 radical (unpaired) electrons. The quantitative estimate of drug-likeness (QED) is 0.520.